The second-order valence-corrected chi connectivity index (χ2v) is 7.21. The van der Waals surface area contributed by atoms with Crippen LogP contribution < -0.4 is 5.32 Å². The third-order valence-corrected chi connectivity index (χ3v) is 5.22. The van der Waals surface area contributed by atoms with Crippen molar-refractivity contribution in [1.29, 1.82) is 0 Å². The Morgan fingerprint density at radius 3 is 2.03 bits per heavy atom. The van der Waals surface area contributed by atoms with Crippen molar-refractivity contribution < 1.29 is 14.3 Å². The molecule has 0 saturated carbocycles. The normalized spacial score (nSPS) is 11.6. The van der Waals surface area contributed by atoms with Crippen molar-refractivity contribution in [3.05, 3.63) is 94.0 Å². The van der Waals surface area contributed by atoms with Crippen LogP contribution in [-0.4, -0.2) is 25.0 Å². The number of hydrogen-bond donors (Lipinski definition) is 1. The summed E-state index contributed by atoms with van der Waals surface area (Å²) in [6, 6.07) is 21.2. The van der Waals surface area contributed by atoms with Crippen LogP contribution in [0.4, 0.5) is 0 Å². The van der Waals surface area contributed by atoms with E-state index in [-0.39, 0.29) is 12.3 Å². The molecule has 3 aromatic carbocycles. The minimum Gasteiger partial charge on any atom is -0.467 e. The third kappa shape index (κ3) is 5.17. The van der Waals surface area contributed by atoms with Crippen LogP contribution in [0.25, 0.3) is 11.1 Å². The number of amides is 1. The lowest BCUT2D eigenvalue weighted by molar-refractivity contribution is -0.142. The van der Waals surface area contributed by atoms with Gasteiger partial charge in [-0.3, -0.25) is 4.79 Å². The van der Waals surface area contributed by atoms with Crippen LogP contribution in [0.5, 0.6) is 0 Å². The summed E-state index contributed by atoms with van der Waals surface area (Å²) in [5, 5.41) is 3.56. The average molecular weight is 428 g/mol. The van der Waals surface area contributed by atoms with E-state index >= 15 is 0 Å². The molecule has 0 aromatic heterocycles. The van der Waals surface area contributed by atoms with Crippen molar-refractivity contribution in [1.82, 2.24) is 5.32 Å². The van der Waals surface area contributed by atoms with Crippen molar-refractivity contribution in [3.8, 4) is 11.1 Å². The fraction of sp³-hybridized carbons (Fsp3) is 0.130. The summed E-state index contributed by atoms with van der Waals surface area (Å²) < 4.78 is 4.84. The zero-order valence-corrected chi connectivity index (χ0v) is 17.2. The van der Waals surface area contributed by atoms with E-state index in [1.165, 1.54) is 7.11 Å². The SMILES string of the molecule is COC(=O)[C@H](Cc1c(Cl)cccc1Cl)NC(=O)c1ccc(-c2ccccc2)cc1. The Kier molecular flexibility index (Phi) is 6.91. The number of esters is 1. The van der Waals surface area contributed by atoms with Gasteiger partial charge in [-0.1, -0.05) is 71.7 Å². The first-order valence-corrected chi connectivity index (χ1v) is 9.72. The van der Waals surface area contributed by atoms with E-state index in [2.05, 4.69) is 5.32 Å². The Morgan fingerprint density at radius 2 is 1.45 bits per heavy atom. The number of rotatable bonds is 6. The summed E-state index contributed by atoms with van der Waals surface area (Å²) in [5.41, 5.74) is 3.06. The molecule has 0 bridgehead atoms. The van der Waals surface area contributed by atoms with Crippen molar-refractivity contribution in [2.75, 3.05) is 7.11 Å². The standard InChI is InChI=1S/C23H19Cl2NO3/c1-29-23(28)21(14-18-19(24)8-5-9-20(18)25)26-22(27)17-12-10-16(11-13-17)15-6-3-2-4-7-15/h2-13,21H,14H2,1H3,(H,26,27)/t21-/m0/s1. The highest BCUT2D eigenvalue weighted by molar-refractivity contribution is 6.36. The van der Waals surface area contributed by atoms with E-state index in [0.29, 0.717) is 21.2 Å². The van der Waals surface area contributed by atoms with Gasteiger partial charge in [0.1, 0.15) is 6.04 Å². The highest BCUT2D eigenvalue weighted by Crippen LogP contribution is 2.26. The number of nitrogens with one attached hydrogen (secondary N) is 1. The van der Waals surface area contributed by atoms with Crippen LogP contribution in [0, 0.1) is 0 Å². The maximum atomic E-state index is 12.7. The van der Waals surface area contributed by atoms with Gasteiger partial charge in [0.15, 0.2) is 0 Å². The monoisotopic (exact) mass is 427 g/mol. The summed E-state index contributed by atoms with van der Waals surface area (Å²) in [4.78, 5) is 24.9. The molecule has 0 saturated heterocycles. The van der Waals surface area contributed by atoms with Crippen molar-refractivity contribution in [3.63, 3.8) is 0 Å². The van der Waals surface area contributed by atoms with Gasteiger partial charge in [-0.15, -0.1) is 0 Å². The van der Waals surface area contributed by atoms with Crippen LogP contribution in [0.3, 0.4) is 0 Å². The van der Waals surface area contributed by atoms with Gasteiger partial charge in [-0.2, -0.15) is 0 Å². The predicted octanol–water partition coefficient (Wildman–Crippen LogP) is 5.17. The summed E-state index contributed by atoms with van der Waals surface area (Å²) in [5.74, 6) is -0.960. The highest BCUT2D eigenvalue weighted by Gasteiger charge is 2.24. The zero-order chi connectivity index (χ0) is 20.8. The molecular weight excluding hydrogens is 409 g/mol. The third-order valence-electron chi connectivity index (χ3n) is 4.52. The van der Waals surface area contributed by atoms with Gasteiger partial charge < -0.3 is 10.1 Å². The van der Waals surface area contributed by atoms with E-state index in [0.717, 1.165) is 11.1 Å². The Balaban J connectivity index is 1.77. The molecule has 0 aliphatic heterocycles. The quantitative estimate of drug-likeness (QED) is 0.551. The number of carbonyl (C=O) groups is 2. The highest BCUT2D eigenvalue weighted by atomic mass is 35.5. The smallest absolute Gasteiger partial charge is 0.328 e. The summed E-state index contributed by atoms with van der Waals surface area (Å²) in [6.45, 7) is 0. The predicted molar refractivity (Wildman–Crippen MR) is 115 cm³/mol. The molecule has 0 heterocycles. The van der Waals surface area contributed by atoms with Crippen molar-refractivity contribution in [2.24, 2.45) is 0 Å². The molecule has 0 radical (unpaired) electrons. The molecule has 3 aromatic rings. The van der Waals surface area contributed by atoms with Gasteiger partial charge in [0, 0.05) is 22.0 Å². The maximum Gasteiger partial charge on any atom is 0.328 e. The summed E-state index contributed by atoms with van der Waals surface area (Å²) in [6.07, 6.45) is 0.124. The Labute approximate surface area is 179 Å². The van der Waals surface area contributed by atoms with Gasteiger partial charge in [0.2, 0.25) is 0 Å². The number of ether oxygens (including phenoxy) is 1. The molecule has 4 nitrogen and oxygen atoms in total. The van der Waals surface area contributed by atoms with E-state index in [4.69, 9.17) is 27.9 Å². The molecule has 1 N–H and O–H groups in total. The number of methoxy groups -OCH3 is 1. The molecule has 0 aliphatic carbocycles. The number of halogens is 2. The first kappa shape index (κ1) is 20.9. The largest absolute Gasteiger partial charge is 0.467 e. The molecular formula is C23H19Cl2NO3. The minimum absolute atomic E-state index is 0.124. The molecule has 148 valence electrons. The molecule has 0 aliphatic rings. The van der Waals surface area contributed by atoms with Gasteiger partial charge >= 0.3 is 5.97 Å². The van der Waals surface area contributed by atoms with Crippen LogP contribution in [0.2, 0.25) is 10.0 Å². The lowest BCUT2D eigenvalue weighted by Crippen LogP contribution is -2.43. The number of carbonyl (C=O) groups excluding carboxylic acids is 2. The second-order valence-electron chi connectivity index (χ2n) is 6.40. The van der Waals surface area contributed by atoms with Crippen LogP contribution >= 0.6 is 23.2 Å². The van der Waals surface area contributed by atoms with Crippen molar-refractivity contribution >= 4 is 35.1 Å². The van der Waals surface area contributed by atoms with Gasteiger partial charge in [0.05, 0.1) is 7.11 Å². The first-order chi connectivity index (χ1) is 14.0. The molecule has 1 amide bonds. The van der Waals surface area contributed by atoms with Gasteiger partial charge in [0.25, 0.3) is 5.91 Å². The molecule has 6 heteroatoms. The van der Waals surface area contributed by atoms with Crippen molar-refractivity contribution in [2.45, 2.75) is 12.5 Å². The molecule has 0 fully saturated rings. The Bertz CT molecular complexity index is 984. The molecule has 3 rings (SSSR count). The topological polar surface area (TPSA) is 55.4 Å². The Hall–Kier alpha value is -2.82. The number of hydrogen-bond acceptors (Lipinski definition) is 3. The molecule has 29 heavy (non-hydrogen) atoms. The maximum absolute atomic E-state index is 12.7. The molecule has 0 spiro atoms. The lowest BCUT2D eigenvalue weighted by Gasteiger charge is -2.18. The molecule has 1 atom stereocenters. The second kappa shape index (κ2) is 9.59. The van der Waals surface area contributed by atoms with Gasteiger partial charge in [-0.25, -0.2) is 4.79 Å². The minimum atomic E-state index is -0.918. The van der Waals surface area contributed by atoms with E-state index in [1.54, 1.807) is 30.3 Å². The first-order valence-electron chi connectivity index (χ1n) is 8.96. The van der Waals surface area contributed by atoms with E-state index in [9.17, 15) is 9.59 Å². The fourth-order valence-corrected chi connectivity index (χ4v) is 3.50. The van der Waals surface area contributed by atoms with Crippen LogP contribution in [0.1, 0.15) is 15.9 Å². The molecule has 0 unspecified atom stereocenters. The van der Waals surface area contributed by atoms with E-state index < -0.39 is 12.0 Å². The number of benzene rings is 3. The summed E-state index contributed by atoms with van der Waals surface area (Å²) >= 11 is 12.4. The van der Waals surface area contributed by atoms with Crippen LogP contribution in [0.15, 0.2) is 72.8 Å². The van der Waals surface area contributed by atoms with Crippen LogP contribution in [-0.2, 0) is 16.0 Å². The lowest BCUT2D eigenvalue weighted by atomic mass is 10.0. The fourth-order valence-electron chi connectivity index (χ4n) is 2.95. The average Bonchev–Trinajstić information content (AvgIpc) is 2.75. The summed E-state index contributed by atoms with van der Waals surface area (Å²) in [7, 11) is 1.27. The zero-order valence-electron chi connectivity index (χ0n) is 15.7. The van der Waals surface area contributed by atoms with E-state index in [1.807, 2.05) is 42.5 Å². The Morgan fingerprint density at radius 1 is 0.862 bits per heavy atom. The van der Waals surface area contributed by atoms with Gasteiger partial charge in [-0.05, 0) is 41.0 Å².